The molecule has 0 atom stereocenters. The van der Waals surface area contributed by atoms with Gasteiger partial charge in [0.1, 0.15) is 11.5 Å². The Labute approximate surface area is 149 Å². The molecular weight excluding hydrogens is 341 g/mol. The van der Waals surface area contributed by atoms with Crippen LogP contribution in [0, 0.1) is 5.82 Å². The van der Waals surface area contributed by atoms with Crippen molar-refractivity contribution in [2.24, 2.45) is 0 Å². The first-order valence-electron chi connectivity index (χ1n) is 8.03. The molecule has 2 aromatic carbocycles. The summed E-state index contributed by atoms with van der Waals surface area (Å²) < 4.78 is 15.5. The molecule has 1 N–H and O–H groups in total. The number of aromatic nitrogens is 2. The van der Waals surface area contributed by atoms with Gasteiger partial charge in [-0.05, 0) is 49.2 Å². The molecule has 1 amide bonds. The van der Waals surface area contributed by atoms with Crippen LogP contribution in [0.4, 0.5) is 10.1 Å². The zero-order valence-electron chi connectivity index (χ0n) is 13.2. The number of anilines is 1. The minimum absolute atomic E-state index is 0.0475. The Bertz CT molecular complexity index is 935. The van der Waals surface area contributed by atoms with Crippen LogP contribution < -0.4 is 5.32 Å². The van der Waals surface area contributed by atoms with Crippen LogP contribution in [-0.2, 0) is 0 Å². The fraction of sp³-hybridized carbons (Fsp3) is 0.158. The van der Waals surface area contributed by atoms with E-state index in [-0.39, 0.29) is 5.69 Å². The molecule has 1 aliphatic carbocycles. The standard InChI is InChI=1S/C19H15ClFN3O/c20-13-8-9-15(21)17(10-13)22-19(25)18-11-16(12-6-7-12)23-24(18)14-4-2-1-3-5-14/h1-5,8-12H,6-7H2,(H,22,25). The average molecular weight is 356 g/mol. The van der Waals surface area contributed by atoms with E-state index in [2.05, 4.69) is 10.4 Å². The molecule has 4 rings (SSSR count). The van der Waals surface area contributed by atoms with Crippen molar-refractivity contribution in [3.8, 4) is 5.69 Å². The first kappa shape index (κ1) is 15.8. The third-order valence-corrected chi connectivity index (χ3v) is 4.37. The molecule has 0 saturated heterocycles. The molecule has 3 aromatic rings. The van der Waals surface area contributed by atoms with Crippen molar-refractivity contribution in [2.45, 2.75) is 18.8 Å². The number of hydrogen-bond donors (Lipinski definition) is 1. The van der Waals surface area contributed by atoms with Crippen LogP contribution in [0.5, 0.6) is 0 Å². The number of carbonyl (C=O) groups excluding carboxylic acids is 1. The van der Waals surface area contributed by atoms with E-state index in [0.29, 0.717) is 16.6 Å². The Balaban J connectivity index is 1.71. The molecular formula is C19H15ClFN3O. The van der Waals surface area contributed by atoms with Gasteiger partial charge in [0, 0.05) is 10.9 Å². The average Bonchev–Trinajstić information content (AvgIpc) is 3.37. The highest BCUT2D eigenvalue weighted by atomic mass is 35.5. The van der Waals surface area contributed by atoms with Crippen molar-refractivity contribution in [3.63, 3.8) is 0 Å². The molecule has 4 nitrogen and oxygen atoms in total. The highest BCUT2D eigenvalue weighted by Crippen LogP contribution is 2.39. The quantitative estimate of drug-likeness (QED) is 0.731. The van der Waals surface area contributed by atoms with Gasteiger partial charge in [-0.1, -0.05) is 29.8 Å². The third kappa shape index (κ3) is 3.28. The smallest absolute Gasteiger partial charge is 0.274 e. The SMILES string of the molecule is O=C(Nc1cc(Cl)ccc1F)c1cc(C2CC2)nn1-c1ccccc1. The predicted molar refractivity (Wildman–Crippen MR) is 94.9 cm³/mol. The molecule has 1 saturated carbocycles. The van der Waals surface area contributed by atoms with E-state index >= 15 is 0 Å². The molecule has 0 spiro atoms. The van der Waals surface area contributed by atoms with Crippen molar-refractivity contribution >= 4 is 23.2 Å². The number of nitrogens with zero attached hydrogens (tertiary/aromatic N) is 2. The number of para-hydroxylation sites is 1. The number of rotatable bonds is 4. The summed E-state index contributed by atoms with van der Waals surface area (Å²) in [5.74, 6) is -0.560. The molecule has 1 fully saturated rings. The van der Waals surface area contributed by atoms with Crippen LogP contribution >= 0.6 is 11.6 Å². The van der Waals surface area contributed by atoms with E-state index in [4.69, 9.17) is 11.6 Å². The van der Waals surface area contributed by atoms with Crippen LogP contribution in [-0.4, -0.2) is 15.7 Å². The van der Waals surface area contributed by atoms with Crippen molar-refractivity contribution in [1.29, 1.82) is 0 Å². The lowest BCUT2D eigenvalue weighted by atomic mass is 10.2. The summed E-state index contributed by atoms with van der Waals surface area (Å²) in [4.78, 5) is 12.7. The lowest BCUT2D eigenvalue weighted by Crippen LogP contribution is -2.17. The maximum absolute atomic E-state index is 13.9. The van der Waals surface area contributed by atoms with E-state index < -0.39 is 11.7 Å². The Kier molecular flexibility index (Phi) is 4.01. The van der Waals surface area contributed by atoms with Gasteiger partial charge in [-0.25, -0.2) is 9.07 Å². The lowest BCUT2D eigenvalue weighted by molar-refractivity contribution is 0.101. The van der Waals surface area contributed by atoms with Crippen molar-refractivity contribution in [3.05, 3.63) is 76.8 Å². The number of amides is 1. The van der Waals surface area contributed by atoms with Gasteiger partial charge in [0.15, 0.2) is 0 Å². The Hall–Kier alpha value is -2.66. The first-order chi connectivity index (χ1) is 12.1. The second kappa shape index (κ2) is 6.33. The molecule has 0 radical (unpaired) electrons. The number of halogens is 2. The Morgan fingerprint density at radius 3 is 2.64 bits per heavy atom. The summed E-state index contributed by atoms with van der Waals surface area (Å²) in [6.45, 7) is 0. The molecule has 0 unspecified atom stereocenters. The second-order valence-electron chi connectivity index (χ2n) is 6.05. The van der Waals surface area contributed by atoms with Crippen LogP contribution in [0.3, 0.4) is 0 Å². The van der Waals surface area contributed by atoms with Gasteiger partial charge in [0.25, 0.3) is 5.91 Å². The van der Waals surface area contributed by atoms with Gasteiger partial charge in [0.05, 0.1) is 17.1 Å². The van der Waals surface area contributed by atoms with Crippen molar-refractivity contribution in [1.82, 2.24) is 9.78 Å². The van der Waals surface area contributed by atoms with Gasteiger partial charge in [-0.3, -0.25) is 4.79 Å². The third-order valence-electron chi connectivity index (χ3n) is 4.13. The first-order valence-corrected chi connectivity index (χ1v) is 8.41. The second-order valence-corrected chi connectivity index (χ2v) is 6.49. The van der Waals surface area contributed by atoms with E-state index in [1.807, 2.05) is 30.3 Å². The molecule has 1 aliphatic rings. The van der Waals surface area contributed by atoms with E-state index in [0.717, 1.165) is 24.2 Å². The van der Waals surface area contributed by atoms with E-state index in [1.165, 1.54) is 18.2 Å². The maximum Gasteiger partial charge on any atom is 0.274 e. The number of nitrogens with one attached hydrogen (secondary N) is 1. The largest absolute Gasteiger partial charge is 0.318 e. The minimum Gasteiger partial charge on any atom is -0.318 e. The van der Waals surface area contributed by atoms with E-state index in [9.17, 15) is 9.18 Å². The monoisotopic (exact) mass is 355 g/mol. The highest BCUT2D eigenvalue weighted by Gasteiger charge is 2.29. The molecule has 0 aliphatic heterocycles. The molecule has 25 heavy (non-hydrogen) atoms. The summed E-state index contributed by atoms with van der Waals surface area (Å²) >= 11 is 5.89. The van der Waals surface area contributed by atoms with Crippen molar-refractivity contribution < 1.29 is 9.18 Å². The van der Waals surface area contributed by atoms with Crippen LogP contribution in [0.25, 0.3) is 5.69 Å². The minimum atomic E-state index is -0.536. The maximum atomic E-state index is 13.9. The van der Waals surface area contributed by atoms with Crippen LogP contribution in [0.15, 0.2) is 54.6 Å². The van der Waals surface area contributed by atoms with Crippen molar-refractivity contribution in [2.75, 3.05) is 5.32 Å². The predicted octanol–water partition coefficient (Wildman–Crippen LogP) is 4.79. The zero-order valence-corrected chi connectivity index (χ0v) is 14.0. The highest BCUT2D eigenvalue weighted by molar-refractivity contribution is 6.31. The van der Waals surface area contributed by atoms with Gasteiger partial charge in [-0.15, -0.1) is 0 Å². The summed E-state index contributed by atoms with van der Waals surface area (Å²) in [5.41, 5.74) is 2.09. The molecule has 1 aromatic heterocycles. The lowest BCUT2D eigenvalue weighted by Gasteiger charge is -2.09. The normalized spacial score (nSPS) is 13.7. The van der Waals surface area contributed by atoms with E-state index in [1.54, 1.807) is 10.7 Å². The topological polar surface area (TPSA) is 46.9 Å². The van der Waals surface area contributed by atoms with Gasteiger partial charge < -0.3 is 5.32 Å². The fourth-order valence-electron chi connectivity index (χ4n) is 2.69. The number of hydrogen-bond acceptors (Lipinski definition) is 2. The summed E-state index contributed by atoms with van der Waals surface area (Å²) in [7, 11) is 0. The Morgan fingerprint density at radius 2 is 1.92 bits per heavy atom. The fourth-order valence-corrected chi connectivity index (χ4v) is 2.86. The summed E-state index contributed by atoms with van der Waals surface area (Å²) in [5, 5.41) is 7.53. The molecule has 6 heteroatoms. The number of benzene rings is 2. The molecule has 0 bridgehead atoms. The zero-order chi connectivity index (χ0) is 17.4. The van der Waals surface area contributed by atoms with Gasteiger partial charge in [-0.2, -0.15) is 5.10 Å². The van der Waals surface area contributed by atoms with Gasteiger partial charge >= 0.3 is 0 Å². The summed E-state index contributed by atoms with van der Waals surface area (Å²) in [6.07, 6.45) is 2.16. The van der Waals surface area contributed by atoms with Crippen LogP contribution in [0.1, 0.15) is 34.9 Å². The van der Waals surface area contributed by atoms with Crippen LogP contribution in [0.2, 0.25) is 5.02 Å². The van der Waals surface area contributed by atoms with Gasteiger partial charge in [0.2, 0.25) is 0 Å². The molecule has 1 heterocycles. The molecule has 126 valence electrons. The summed E-state index contributed by atoms with van der Waals surface area (Å²) in [6, 6.07) is 15.2. The number of carbonyl (C=O) groups is 1. The Morgan fingerprint density at radius 1 is 1.16 bits per heavy atom.